The summed E-state index contributed by atoms with van der Waals surface area (Å²) >= 11 is 0. The first-order valence-electron chi connectivity index (χ1n) is 11.9. The summed E-state index contributed by atoms with van der Waals surface area (Å²) in [7, 11) is 3.87. The number of benzene rings is 1. The van der Waals surface area contributed by atoms with E-state index in [0.29, 0.717) is 17.7 Å². The fraction of sp³-hybridized carbons (Fsp3) is 0.423. The van der Waals surface area contributed by atoms with Gasteiger partial charge in [0, 0.05) is 55.6 Å². The number of halogens is 2. The highest BCUT2D eigenvalue weighted by atomic mass is 19.3. The molecule has 1 saturated heterocycles. The lowest BCUT2D eigenvalue weighted by Gasteiger charge is -2.30. The summed E-state index contributed by atoms with van der Waals surface area (Å²) in [6.45, 7) is 8.14. The maximum atomic E-state index is 12.3. The molecule has 0 atom stereocenters. The van der Waals surface area contributed by atoms with E-state index in [1.807, 2.05) is 51.0 Å². The van der Waals surface area contributed by atoms with Crippen LogP contribution in [-0.2, 0) is 16.8 Å². The van der Waals surface area contributed by atoms with Crippen molar-refractivity contribution in [3.05, 3.63) is 59.2 Å². The summed E-state index contributed by atoms with van der Waals surface area (Å²) in [5, 5.41) is 10.1. The van der Waals surface area contributed by atoms with E-state index in [9.17, 15) is 18.4 Å². The molecule has 0 saturated carbocycles. The van der Waals surface area contributed by atoms with E-state index in [1.165, 1.54) is 6.20 Å². The summed E-state index contributed by atoms with van der Waals surface area (Å²) in [5.74, 6) is -0.628. The van der Waals surface area contributed by atoms with E-state index >= 15 is 0 Å². The van der Waals surface area contributed by atoms with Gasteiger partial charge in [-0.05, 0) is 57.8 Å². The maximum absolute atomic E-state index is 12.3. The van der Waals surface area contributed by atoms with Gasteiger partial charge in [-0.25, -0.2) is 0 Å². The summed E-state index contributed by atoms with van der Waals surface area (Å²) < 4.78 is 29.4. The van der Waals surface area contributed by atoms with E-state index in [0.717, 1.165) is 55.7 Å². The highest BCUT2D eigenvalue weighted by molar-refractivity contribution is 5.84. The van der Waals surface area contributed by atoms with E-state index in [-0.39, 0.29) is 5.89 Å². The number of hydrogen-bond donors (Lipinski definition) is 1. The van der Waals surface area contributed by atoms with Gasteiger partial charge in [0.1, 0.15) is 12.6 Å². The van der Waals surface area contributed by atoms with E-state index in [1.54, 1.807) is 12.1 Å². The molecule has 4 rings (SSSR count). The van der Waals surface area contributed by atoms with Crippen LogP contribution in [0.2, 0.25) is 0 Å². The number of pyridine rings is 1. The Morgan fingerprint density at radius 2 is 1.86 bits per heavy atom. The van der Waals surface area contributed by atoms with Gasteiger partial charge < -0.3 is 24.3 Å². The number of carbonyl (C=O) groups is 2. The van der Waals surface area contributed by atoms with Crippen molar-refractivity contribution in [2.75, 3.05) is 45.2 Å². The van der Waals surface area contributed by atoms with Crippen LogP contribution in [0.15, 0.2) is 40.9 Å². The predicted molar refractivity (Wildman–Crippen MR) is 136 cm³/mol. The maximum Gasteiger partial charge on any atom is 0.314 e. The normalized spacial score (nSPS) is 13.9. The van der Waals surface area contributed by atoms with Gasteiger partial charge in [-0.1, -0.05) is 6.07 Å². The van der Waals surface area contributed by atoms with Gasteiger partial charge in [0.2, 0.25) is 5.89 Å². The number of nitrogens with zero attached hydrogens (tertiary/aromatic N) is 5. The Morgan fingerprint density at radius 1 is 1.14 bits per heavy atom. The lowest BCUT2D eigenvalue weighted by molar-refractivity contribution is -0.111. The summed E-state index contributed by atoms with van der Waals surface area (Å²) in [5.41, 5.74) is 3.21. The van der Waals surface area contributed by atoms with Gasteiger partial charge in [0.15, 0.2) is 0 Å². The van der Waals surface area contributed by atoms with Crippen LogP contribution in [0.3, 0.4) is 0 Å². The molecule has 0 aliphatic carbocycles. The smallest absolute Gasteiger partial charge is 0.314 e. The molecule has 0 amide bonds. The molecular weight excluding hydrogens is 482 g/mol. The lowest BCUT2D eigenvalue weighted by atomic mass is 9.83. The minimum Gasteiger partial charge on any atom is -0.415 e. The third kappa shape index (κ3) is 7.46. The van der Waals surface area contributed by atoms with Crippen LogP contribution in [0, 0.1) is 0 Å². The summed E-state index contributed by atoms with van der Waals surface area (Å²) in [6.07, 6.45) is 0.500. The number of carbonyl (C=O) groups excluding carboxylic acids is 2. The summed E-state index contributed by atoms with van der Waals surface area (Å²) in [4.78, 5) is 30.8. The standard InChI is InChI=1S/C15H20N2O2.C11H12F2N4O/c1-15(2,11-19)14-4-3-13(9-12(14)10-18)17-7-5-16-6-8-17;1-17(2)6-8-4-3-7(5-14-8)10-15-16-11(18-10)9(12)13/h3-4,9-11,16H,5-8H2,1-2H3;3-5,9H,6H2,1-2H3. The van der Waals surface area contributed by atoms with Crippen LogP contribution >= 0.6 is 0 Å². The van der Waals surface area contributed by atoms with Crippen molar-refractivity contribution in [1.29, 1.82) is 0 Å². The van der Waals surface area contributed by atoms with E-state index < -0.39 is 17.7 Å². The van der Waals surface area contributed by atoms with Gasteiger partial charge in [-0.2, -0.15) is 8.78 Å². The predicted octanol–water partition coefficient (Wildman–Crippen LogP) is 3.52. The van der Waals surface area contributed by atoms with Crippen LogP contribution in [0.25, 0.3) is 11.5 Å². The molecule has 1 aliphatic heterocycles. The number of aldehydes is 2. The molecule has 1 fully saturated rings. The Bertz CT molecular complexity index is 1180. The molecular formula is C26H32F2N6O3. The largest absolute Gasteiger partial charge is 0.415 e. The molecule has 37 heavy (non-hydrogen) atoms. The molecule has 1 N–H and O–H groups in total. The summed E-state index contributed by atoms with van der Waals surface area (Å²) in [6, 6.07) is 9.30. The third-order valence-corrected chi connectivity index (χ3v) is 5.81. The number of aromatic nitrogens is 3. The molecule has 0 bridgehead atoms. The molecule has 0 unspecified atom stereocenters. The highest BCUT2D eigenvalue weighted by Gasteiger charge is 2.24. The Hall–Kier alpha value is -3.57. The van der Waals surface area contributed by atoms with Crippen LogP contribution < -0.4 is 10.2 Å². The Kier molecular flexibility index (Phi) is 9.54. The molecule has 1 aromatic carbocycles. The van der Waals surface area contributed by atoms with Crippen molar-refractivity contribution in [3.63, 3.8) is 0 Å². The molecule has 9 nitrogen and oxygen atoms in total. The zero-order valence-corrected chi connectivity index (χ0v) is 21.4. The first-order chi connectivity index (χ1) is 17.6. The molecule has 1 aliphatic rings. The SMILES string of the molecule is CC(C)(C=O)c1ccc(N2CCNCC2)cc1C=O.CN(C)Cc1ccc(-c2nnc(C(F)F)o2)cn1. The van der Waals surface area contributed by atoms with Crippen LogP contribution in [0.5, 0.6) is 0 Å². The van der Waals surface area contributed by atoms with Gasteiger partial charge in [0.05, 0.1) is 11.3 Å². The number of hydrogen-bond acceptors (Lipinski definition) is 9. The zero-order valence-electron chi connectivity index (χ0n) is 21.4. The van der Waals surface area contributed by atoms with Gasteiger partial charge in [-0.3, -0.25) is 9.78 Å². The highest BCUT2D eigenvalue weighted by Crippen LogP contribution is 2.28. The van der Waals surface area contributed by atoms with Crippen LogP contribution in [0.4, 0.5) is 14.5 Å². The van der Waals surface area contributed by atoms with E-state index in [4.69, 9.17) is 4.42 Å². The van der Waals surface area contributed by atoms with E-state index in [2.05, 4.69) is 25.4 Å². The molecule has 0 spiro atoms. The zero-order chi connectivity index (χ0) is 27.0. The van der Waals surface area contributed by atoms with Gasteiger partial charge in [0.25, 0.3) is 5.89 Å². The second-order valence-electron chi connectivity index (χ2n) is 9.49. The topological polar surface area (TPSA) is 104 Å². The molecule has 0 radical (unpaired) electrons. The lowest BCUT2D eigenvalue weighted by Crippen LogP contribution is -2.43. The van der Waals surface area contributed by atoms with Crippen molar-refractivity contribution in [2.45, 2.75) is 32.2 Å². The van der Waals surface area contributed by atoms with Crippen molar-refractivity contribution in [2.24, 2.45) is 0 Å². The van der Waals surface area contributed by atoms with Crippen molar-refractivity contribution in [3.8, 4) is 11.5 Å². The van der Waals surface area contributed by atoms with Crippen molar-refractivity contribution in [1.82, 2.24) is 25.4 Å². The fourth-order valence-corrected chi connectivity index (χ4v) is 3.83. The number of piperazine rings is 1. The fourth-order valence-electron chi connectivity index (χ4n) is 3.83. The quantitative estimate of drug-likeness (QED) is 0.452. The number of alkyl halides is 2. The van der Waals surface area contributed by atoms with Crippen molar-refractivity contribution >= 4 is 18.3 Å². The molecule has 11 heteroatoms. The van der Waals surface area contributed by atoms with Crippen LogP contribution in [-0.4, -0.2) is 72.9 Å². The third-order valence-electron chi connectivity index (χ3n) is 5.81. The monoisotopic (exact) mass is 514 g/mol. The molecule has 2 aromatic heterocycles. The Labute approximate surface area is 214 Å². The first-order valence-corrected chi connectivity index (χ1v) is 11.9. The van der Waals surface area contributed by atoms with Gasteiger partial charge in [-0.15, -0.1) is 10.2 Å². The number of anilines is 1. The molecule has 3 aromatic rings. The second kappa shape index (κ2) is 12.6. The average Bonchev–Trinajstić information content (AvgIpc) is 3.40. The van der Waals surface area contributed by atoms with Crippen molar-refractivity contribution < 1.29 is 22.8 Å². The Balaban J connectivity index is 0.000000206. The molecule has 198 valence electrons. The first kappa shape index (κ1) is 28.0. The number of rotatable bonds is 8. The minimum absolute atomic E-state index is 0.0502. The van der Waals surface area contributed by atoms with Gasteiger partial charge >= 0.3 is 6.43 Å². The molecule has 3 heterocycles. The minimum atomic E-state index is -2.76. The van der Waals surface area contributed by atoms with Crippen LogP contribution in [0.1, 0.15) is 47.8 Å². The Morgan fingerprint density at radius 3 is 2.41 bits per heavy atom. The second-order valence-corrected chi connectivity index (χ2v) is 9.49. The average molecular weight is 515 g/mol. The number of nitrogens with one attached hydrogen (secondary N) is 1.